The molecule has 25 heavy (non-hydrogen) atoms. The molecule has 1 unspecified atom stereocenters. The highest BCUT2D eigenvalue weighted by atomic mass is 16.5. The van der Waals surface area contributed by atoms with Gasteiger partial charge in [0.15, 0.2) is 5.69 Å². The Bertz CT molecular complexity index is 948. The smallest absolute Gasteiger partial charge is 0.356 e. The van der Waals surface area contributed by atoms with Gasteiger partial charge in [-0.3, -0.25) is 4.68 Å². The van der Waals surface area contributed by atoms with Gasteiger partial charge in [0.05, 0.1) is 30.3 Å². The molecule has 3 heterocycles. The number of aromatic amines is 1. The van der Waals surface area contributed by atoms with Crippen LogP contribution >= 0.6 is 0 Å². The van der Waals surface area contributed by atoms with Gasteiger partial charge in [0.2, 0.25) is 0 Å². The predicted octanol–water partition coefficient (Wildman–Crippen LogP) is 1.94. The maximum absolute atomic E-state index is 12.3. The van der Waals surface area contributed by atoms with Crippen LogP contribution in [0.15, 0.2) is 31.0 Å². The van der Waals surface area contributed by atoms with Gasteiger partial charge in [0, 0.05) is 12.3 Å². The molecule has 3 aromatic rings. The van der Waals surface area contributed by atoms with Crippen LogP contribution in [0.4, 0.5) is 0 Å². The number of H-pyrrole nitrogens is 1. The lowest BCUT2D eigenvalue weighted by molar-refractivity contribution is -0.725. The van der Waals surface area contributed by atoms with Gasteiger partial charge in [0.1, 0.15) is 11.6 Å². The van der Waals surface area contributed by atoms with Crippen LogP contribution in [-0.2, 0) is 0 Å². The lowest BCUT2D eigenvalue weighted by Crippen LogP contribution is -2.42. The normalized spacial score (nSPS) is 16.3. The molecule has 0 spiro atoms. The fourth-order valence-electron chi connectivity index (χ4n) is 3.90. The highest BCUT2D eigenvalue weighted by Crippen LogP contribution is 2.36. The van der Waals surface area contributed by atoms with E-state index in [1.165, 1.54) is 12.8 Å². The molecule has 0 saturated heterocycles. The third-order valence-electron chi connectivity index (χ3n) is 5.09. The summed E-state index contributed by atoms with van der Waals surface area (Å²) in [4.78, 5) is 2.85. The summed E-state index contributed by atoms with van der Waals surface area (Å²) < 4.78 is 2.90. The summed E-state index contributed by atoms with van der Waals surface area (Å²) in [6.07, 6.45) is 11.0. The van der Waals surface area contributed by atoms with E-state index < -0.39 is 0 Å². The quantitative estimate of drug-likeness (QED) is 0.578. The number of nitrogens with zero attached hydrogens (tertiary/aromatic N) is 5. The summed E-state index contributed by atoms with van der Waals surface area (Å²) >= 11 is 0. The van der Waals surface area contributed by atoms with Gasteiger partial charge in [0.25, 0.3) is 0 Å². The number of hydrogen-bond donors (Lipinski definition) is 1. The minimum absolute atomic E-state index is 0.0243. The molecule has 1 saturated carbocycles. The second-order valence-corrected chi connectivity index (χ2v) is 6.54. The molecular formula is C17H18N6O2. The molecule has 8 heteroatoms. The maximum atomic E-state index is 12.3. The first-order chi connectivity index (χ1) is 12.2. The molecule has 1 atom stereocenters. The molecule has 8 nitrogen and oxygen atoms in total. The lowest BCUT2D eigenvalue weighted by atomic mass is 9.96. The number of nitrogens with one attached hydrogen (secondary N) is 1. The van der Waals surface area contributed by atoms with Gasteiger partial charge < -0.3 is 10.4 Å². The van der Waals surface area contributed by atoms with Crippen molar-refractivity contribution in [3.63, 3.8) is 0 Å². The number of hydrogen-bond acceptors (Lipinski definition) is 4. The molecule has 4 rings (SSSR count). The monoisotopic (exact) mass is 338 g/mol. The zero-order valence-corrected chi connectivity index (χ0v) is 13.6. The van der Waals surface area contributed by atoms with Gasteiger partial charge in [-0.2, -0.15) is 19.8 Å². The zero-order chi connectivity index (χ0) is 17.4. The topological polar surface area (TPSA) is 111 Å². The predicted molar refractivity (Wildman–Crippen MR) is 88.7 cm³/mol. The molecule has 1 fully saturated rings. The van der Waals surface area contributed by atoms with Crippen LogP contribution in [0.2, 0.25) is 0 Å². The van der Waals surface area contributed by atoms with Crippen molar-refractivity contribution in [1.29, 1.82) is 5.26 Å². The van der Waals surface area contributed by atoms with Gasteiger partial charge in [-0.1, -0.05) is 12.8 Å². The Hall–Kier alpha value is -3.08. The van der Waals surface area contributed by atoms with Crippen LogP contribution in [0.1, 0.15) is 38.1 Å². The van der Waals surface area contributed by atoms with Crippen LogP contribution in [-0.4, -0.2) is 14.8 Å². The van der Waals surface area contributed by atoms with Crippen molar-refractivity contribution in [3.05, 3.63) is 41.4 Å². The Balaban J connectivity index is 1.76. The largest absolute Gasteiger partial charge is 0.679 e. The van der Waals surface area contributed by atoms with Gasteiger partial charge >= 0.3 is 12.0 Å². The molecule has 3 aromatic heterocycles. The highest BCUT2D eigenvalue weighted by Gasteiger charge is 2.28. The van der Waals surface area contributed by atoms with Gasteiger partial charge in [-0.15, -0.1) is 0 Å². The number of aromatic nitrogens is 5. The van der Waals surface area contributed by atoms with E-state index in [1.54, 1.807) is 18.5 Å². The van der Waals surface area contributed by atoms with Crippen LogP contribution in [0.3, 0.4) is 0 Å². The van der Waals surface area contributed by atoms with E-state index in [4.69, 9.17) is 0 Å². The Kier molecular flexibility index (Phi) is 3.76. The van der Waals surface area contributed by atoms with Gasteiger partial charge in [-0.05, 0) is 18.8 Å². The average Bonchev–Trinajstić information content (AvgIpc) is 3.34. The van der Waals surface area contributed by atoms with E-state index >= 15 is 0 Å². The molecule has 0 amide bonds. The zero-order valence-electron chi connectivity index (χ0n) is 13.6. The number of fused-ring (bicyclic) bond motifs is 1. The van der Waals surface area contributed by atoms with E-state index in [-0.39, 0.29) is 6.04 Å². The average molecular weight is 338 g/mol. The number of nitriles is 1. The summed E-state index contributed by atoms with van der Waals surface area (Å²) in [5, 5.41) is 38.3. The molecule has 0 bridgehead atoms. The summed E-state index contributed by atoms with van der Waals surface area (Å²) in [5.41, 5.74) is 1.36. The second kappa shape index (κ2) is 6.09. The van der Waals surface area contributed by atoms with Gasteiger partial charge in [-0.25, -0.2) is 4.98 Å². The maximum Gasteiger partial charge on any atom is 0.356 e. The van der Waals surface area contributed by atoms with E-state index in [0.717, 1.165) is 19.2 Å². The van der Waals surface area contributed by atoms with Crippen molar-refractivity contribution >= 4 is 11.0 Å². The summed E-state index contributed by atoms with van der Waals surface area (Å²) in [5.74, 6) is 0.443. The summed E-state index contributed by atoms with van der Waals surface area (Å²) in [6, 6.07) is 3.99. The first-order valence-corrected chi connectivity index (χ1v) is 8.43. The molecule has 0 radical (unpaired) electrons. The van der Waals surface area contributed by atoms with Crippen molar-refractivity contribution in [3.8, 4) is 17.3 Å². The lowest BCUT2D eigenvalue weighted by Gasteiger charge is -2.21. The Morgan fingerprint density at radius 1 is 1.36 bits per heavy atom. The molecular weight excluding hydrogens is 320 g/mol. The van der Waals surface area contributed by atoms with E-state index in [2.05, 4.69) is 16.2 Å². The summed E-state index contributed by atoms with van der Waals surface area (Å²) in [6.45, 7) is 0. The first-order valence-electron chi connectivity index (χ1n) is 8.43. The van der Waals surface area contributed by atoms with Crippen molar-refractivity contribution in [2.45, 2.75) is 38.1 Å². The SMILES string of the molecule is N#CCC(C1CCCC1)n1cc(-c2c3cc[nH]c3[n+]([O-])c[n+]2[O-])cn1. The molecule has 128 valence electrons. The second-order valence-electron chi connectivity index (χ2n) is 6.54. The number of rotatable bonds is 4. The Morgan fingerprint density at radius 2 is 2.16 bits per heavy atom. The first kappa shape index (κ1) is 15.4. The minimum atomic E-state index is 0.0243. The highest BCUT2D eigenvalue weighted by molar-refractivity contribution is 5.86. The minimum Gasteiger partial charge on any atom is -0.679 e. The molecule has 1 N–H and O–H groups in total. The van der Waals surface area contributed by atoms with Crippen molar-refractivity contribution < 1.29 is 9.46 Å². The molecule has 1 aliphatic carbocycles. The third kappa shape index (κ3) is 2.58. The van der Waals surface area contributed by atoms with Crippen LogP contribution in [0.25, 0.3) is 22.3 Å². The fourth-order valence-corrected chi connectivity index (χ4v) is 3.90. The van der Waals surface area contributed by atoms with Crippen molar-refractivity contribution in [2.75, 3.05) is 0 Å². The van der Waals surface area contributed by atoms with E-state index in [9.17, 15) is 15.7 Å². The third-order valence-corrected chi connectivity index (χ3v) is 5.09. The van der Waals surface area contributed by atoms with E-state index in [1.807, 2.05) is 10.9 Å². The molecule has 0 aromatic carbocycles. The summed E-state index contributed by atoms with van der Waals surface area (Å²) in [7, 11) is 0. The van der Waals surface area contributed by atoms with Crippen molar-refractivity contribution in [1.82, 2.24) is 14.8 Å². The van der Waals surface area contributed by atoms with Crippen LogP contribution in [0, 0.1) is 27.7 Å². The molecule has 1 aliphatic rings. The standard InChI is InChI=1S/C17H18N6O2/c18-7-5-15(12-3-1-2-4-12)21-10-13(9-20-21)16-14-6-8-19-17(14)23(25)11-22(16)24/h6,8-12,15,19H,1-5H2. The van der Waals surface area contributed by atoms with Crippen molar-refractivity contribution in [2.24, 2.45) is 5.92 Å². The van der Waals surface area contributed by atoms with Crippen LogP contribution < -0.4 is 9.46 Å². The van der Waals surface area contributed by atoms with E-state index in [0.29, 0.717) is 44.1 Å². The Labute approximate surface area is 144 Å². The molecule has 0 aliphatic heterocycles. The Morgan fingerprint density at radius 3 is 2.92 bits per heavy atom. The van der Waals surface area contributed by atoms with Crippen LogP contribution in [0.5, 0.6) is 0 Å². The fraction of sp³-hybridized carbons (Fsp3) is 0.412.